The predicted molar refractivity (Wildman–Crippen MR) is 168 cm³/mol. The first-order valence-corrected chi connectivity index (χ1v) is 15.1. The molecule has 1 saturated heterocycles. The Morgan fingerprint density at radius 1 is 1.02 bits per heavy atom. The predicted octanol–water partition coefficient (Wildman–Crippen LogP) is 5.93. The lowest BCUT2D eigenvalue weighted by atomic mass is 9.92. The smallest absolute Gasteiger partial charge is 0.416 e. The van der Waals surface area contributed by atoms with E-state index in [-0.39, 0.29) is 25.0 Å². The van der Waals surface area contributed by atoms with E-state index in [2.05, 4.69) is 10.6 Å². The molecule has 2 aliphatic rings. The number of amides is 2. The number of nitrogens with one attached hydrogen (secondary N) is 2. The van der Waals surface area contributed by atoms with Crippen LogP contribution < -0.4 is 20.1 Å². The van der Waals surface area contributed by atoms with Crippen molar-refractivity contribution in [2.24, 2.45) is 0 Å². The van der Waals surface area contributed by atoms with Gasteiger partial charge in [-0.3, -0.25) is 9.59 Å². The SMILES string of the molecule is COc1ccc(NC(=O)C2(N(Cc3ccc(C(F)(F)F)cc3)C(=O)CN3CC(c4ccccc4)NC3=S)CCCC2)c(OC)c1. The van der Waals surface area contributed by atoms with Gasteiger partial charge in [-0.2, -0.15) is 13.2 Å². The number of alkyl halides is 3. The molecule has 3 aromatic rings. The van der Waals surface area contributed by atoms with E-state index < -0.39 is 23.2 Å². The van der Waals surface area contributed by atoms with Crippen molar-refractivity contribution in [1.29, 1.82) is 0 Å². The summed E-state index contributed by atoms with van der Waals surface area (Å²) in [6.07, 6.45) is -2.32. The number of anilines is 1. The van der Waals surface area contributed by atoms with E-state index >= 15 is 0 Å². The van der Waals surface area contributed by atoms with Gasteiger partial charge in [0.15, 0.2) is 5.11 Å². The molecule has 1 aliphatic carbocycles. The van der Waals surface area contributed by atoms with E-state index in [0.717, 1.165) is 17.7 Å². The van der Waals surface area contributed by atoms with Crippen LogP contribution in [0.3, 0.4) is 0 Å². The first kappa shape index (κ1) is 32.1. The summed E-state index contributed by atoms with van der Waals surface area (Å²) in [5.74, 6) is 0.181. The third-order valence-corrected chi connectivity index (χ3v) is 8.84. The van der Waals surface area contributed by atoms with Gasteiger partial charge in [0.05, 0.1) is 38.1 Å². The minimum Gasteiger partial charge on any atom is -0.497 e. The van der Waals surface area contributed by atoms with Crippen LogP contribution in [0.4, 0.5) is 18.9 Å². The fourth-order valence-electron chi connectivity index (χ4n) is 6.03. The van der Waals surface area contributed by atoms with E-state index in [0.29, 0.717) is 60.1 Å². The van der Waals surface area contributed by atoms with Crippen LogP contribution in [0.1, 0.15) is 48.4 Å². The fourth-order valence-corrected chi connectivity index (χ4v) is 6.31. The van der Waals surface area contributed by atoms with Crippen LogP contribution in [-0.4, -0.2) is 59.6 Å². The molecule has 2 N–H and O–H groups in total. The van der Waals surface area contributed by atoms with Gasteiger partial charge in [0.2, 0.25) is 11.8 Å². The largest absolute Gasteiger partial charge is 0.497 e. The highest BCUT2D eigenvalue weighted by atomic mass is 32.1. The van der Waals surface area contributed by atoms with Crippen LogP contribution in [-0.2, 0) is 22.3 Å². The van der Waals surface area contributed by atoms with Gasteiger partial charge in [-0.1, -0.05) is 55.3 Å². The standard InChI is InChI=1S/C33H35F3N4O4S/c1-43-25-14-15-26(28(18-25)44-2)37-30(42)32(16-6-7-17-32)40(19-22-10-12-24(13-11-22)33(34,35)36)29(41)21-39-20-27(38-31(39)45)23-8-4-3-5-9-23/h3-5,8-15,18,27H,6-7,16-17,19-21H2,1-2H3,(H,37,42)(H,38,45). The second kappa shape index (κ2) is 13.4. The Balaban J connectivity index is 1.45. The van der Waals surface area contributed by atoms with Gasteiger partial charge >= 0.3 is 6.18 Å². The molecule has 1 saturated carbocycles. The number of carbonyl (C=O) groups excluding carboxylic acids is 2. The molecule has 8 nitrogen and oxygen atoms in total. The van der Waals surface area contributed by atoms with E-state index in [1.165, 1.54) is 31.3 Å². The maximum atomic E-state index is 14.3. The molecule has 5 rings (SSSR count). The number of nitrogens with zero attached hydrogens (tertiary/aromatic N) is 2. The minimum absolute atomic E-state index is 0.0553. The molecule has 3 aromatic carbocycles. The molecule has 0 bridgehead atoms. The molecular formula is C33H35F3N4O4S. The van der Waals surface area contributed by atoms with Crippen molar-refractivity contribution in [3.8, 4) is 11.5 Å². The molecule has 1 heterocycles. The average molecular weight is 641 g/mol. The van der Waals surface area contributed by atoms with E-state index in [1.54, 1.807) is 23.1 Å². The Bertz CT molecular complexity index is 1530. The molecule has 0 spiro atoms. The van der Waals surface area contributed by atoms with Crippen LogP contribution >= 0.6 is 12.2 Å². The van der Waals surface area contributed by atoms with Gasteiger partial charge in [0.25, 0.3) is 0 Å². The number of ether oxygens (including phenoxy) is 2. The Kier molecular flexibility index (Phi) is 9.52. The normalized spacial score (nSPS) is 17.5. The number of hydrogen-bond donors (Lipinski definition) is 2. The molecule has 1 unspecified atom stereocenters. The van der Waals surface area contributed by atoms with Gasteiger partial charge in [-0.05, 0) is 60.5 Å². The van der Waals surface area contributed by atoms with Crippen molar-refractivity contribution >= 4 is 34.8 Å². The third kappa shape index (κ3) is 7.00. The van der Waals surface area contributed by atoms with E-state index in [9.17, 15) is 22.8 Å². The van der Waals surface area contributed by atoms with E-state index in [1.807, 2.05) is 30.3 Å². The molecular weight excluding hydrogens is 605 g/mol. The number of carbonyl (C=O) groups is 2. The number of rotatable bonds is 10. The zero-order valence-electron chi connectivity index (χ0n) is 25.0. The zero-order valence-corrected chi connectivity index (χ0v) is 25.8. The van der Waals surface area contributed by atoms with Crippen LogP contribution in [0.15, 0.2) is 72.8 Å². The summed E-state index contributed by atoms with van der Waals surface area (Å²) in [5.41, 5.74) is -0.131. The molecule has 45 heavy (non-hydrogen) atoms. The lowest BCUT2D eigenvalue weighted by Crippen LogP contribution is -2.59. The van der Waals surface area contributed by atoms with Gasteiger partial charge in [-0.25, -0.2) is 0 Å². The zero-order chi connectivity index (χ0) is 32.2. The first-order chi connectivity index (χ1) is 21.5. The summed E-state index contributed by atoms with van der Waals surface area (Å²) in [6.45, 7) is 0.294. The second-order valence-corrected chi connectivity index (χ2v) is 11.6. The maximum Gasteiger partial charge on any atom is 0.416 e. The lowest BCUT2D eigenvalue weighted by molar-refractivity contribution is -0.146. The number of hydrogen-bond acceptors (Lipinski definition) is 5. The third-order valence-electron chi connectivity index (χ3n) is 8.47. The van der Waals surface area contributed by atoms with Gasteiger partial charge in [-0.15, -0.1) is 0 Å². The highest BCUT2D eigenvalue weighted by Gasteiger charge is 2.49. The maximum absolute atomic E-state index is 14.3. The Morgan fingerprint density at radius 3 is 2.33 bits per heavy atom. The molecule has 2 amide bonds. The number of halogens is 3. The molecule has 2 fully saturated rings. The van der Waals surface area contributed by atoms with E-state index in [4.69, 9.17) is 21.7 Å². The highest BCUT2D eigenvalue weighted by molar-refractivity contribution is 7.80. The fraction of sp³-hybridized carbons (Fsp3) is 0.364. The summed E-state index contributed by atoms with van der Waals surface area (Å²) in [6, 6.07) is 19.3. The summed E-state index contributed by atoms with van der Waals surface area (Å²) in [7, 11) is 3.00. The summed E-state index contributed by atoms with van der Waals surface area (Å²) >= 11 is 5.58. The first-order valence-electron chi connectivity index (χ1n) is 14.6. The van der Waals surface area contributed by atoms with Crippen LogP contribution in [0.5, 0.6) is 11.5 Å². The Morgan fingerprint density at radius 2 is 1.71 bits per heavy atom. The number of methoxy groups -OCH3 is 2. The second-order valence-electron chi connectivity index (χ2n) is 11.2. The quantitative estimate of drug-likeness (QED) is 0.266. The van der Waals surface area contributed by atoms with Crippen molar-refractivity contribution in [3.05, 3.63) is 89.5 Å². The average Bonchev–Trinajstić information content (AvgIpc) is 3.68. The topological polar surface area (TPSA) is 83.1 Å². The summed E-state index contributed by atoms with van der Waals surface area (Å²) < 4.78 is 50.6. The van der Waals surface area contributed by atoms with Crippen molar-refractivity contribution in [3.63, 3.8) is 0 Å². The molecule has 1 atom stereocenters. The number of thiocarbonyl (C=S) groups is 1. The molecule has 0 aromatic heterocycles. The van der Waals surface area contributed by atoms with Crippen molar-refractivity contribution in [2.45, 2.75) is 50.0 Å². The van der Waals surface area contributed by atoms with Gasteiger partial charge < -0.3 is 29.9 Å². The molecule has 12 heteroatoms. The lowest BCUT2D eigenvalue weighted by Gasteiger charge is -2.41. The van der Waals surface area contributed by atoms with Crippen molar-refractivity contribution < 1.29 is 32.2 Å². The molecule has 0 radical (unpaired) electrons. The van der Waals surface area contributed by atoms with Crippen LogP contribution in [0.2, 0.25) is 0 Å². The Labute approximate surface area is 265 Å². The molecule has 238 valence electrons. The summed E-state index contributed by atoms with van der Waals surface area (Å²) in [5, 5.41) is 6.65. The number of benzene rings is 3. The molecule has 1 aliphatic heterocycles. The summed E-state index contributed by atoms with van der Waals surface area (Å²) in [4.78, 5) is 31.8. The van der Waals surface area contributed by atoms with Crippen LogP contribution in [0, 0.1) is 0 Å². The highest BCUT2D eigenvalue weighted by Crippen LogP contribution is 2.40. The van der Waals surface area contributed by atoms with Crippen molar-refractivity contribution in [2.75, 3.05) is 32.6 Å². The van der Waals surface area contributed by atoms with Crippen LogP contribution in [0.25, 0.3) is 0 Å². The van der Waals surface area contributed by atoms with Crippen molar-refractivity contribution in [1.82, 2.24) is 15.1 Å². The Hall–Kier alpha value is -4.32. The van der Waals surface area contributed by atoms with Gasteiger partial charge in [0.1, 0.15) is 17.0 Å². The monoisotopic (exact) mass is 640 g/mol. The van der Waals surface area contributed by atoms with Gasteiger partial charge in [0, 0.05) is 19.2 Å². The minimum atomic E-state index is -4.49.